The van der Waals surface area contributed by atoms with Crippen LogP contribution in [0, 0.1) is 29.6 Å². The number of anilines is 1. The quantitative estimate of drug-likeness (QED) is 0.866. The van der Waals surface area contributed by atoms with Crippen molar-refractivity contribution in [1.29, 1.82) is 0 Å². The van der Waals surface area contributed by atoms with Gasteiger partial charge in [0.1, 0.15) is 0 Å². The van der Waals surface area contributed by atoms with E-state index < -0.39 is 5.60 Å². The fourth-order valence-corrected chi connectivity index (χ4v) is 6.54. The second kappa shape index (κ2) is 4.60. The van der Waals surface area contributed by atoms with E-state index in [0.29, 0.717) is 18.3 Å². The molecule has 1 N–H and O–H groups in total. The molecule has 1 atom stereocenters. The normalized spacial score (nSPS) is 44.5. The molecule has 1 aromatic carbocycles. The summed E-state index contributed by atoms with van der Waals surface area (Å²) in [5.74, 6) is 2.16. The van der Waals surface area contributed by atoms with Crippen molar-refractivity contribution >= 4 is 11.6 Å². The Kier molecular flexibility index (Phi) is 2.80. The Morgan fingerprint density at radius 2 is 1.65 bits per heavy atom. The van der Waals surface area contributed by atoms with E-state index in [0.717, 1.165) is 43.2 Å². The van der Waals surface area contributed by atoms with Crippen molar-refractivity contribution in [3.05, 3.63) is 29.8 Å². The Morgan fingerprint density at radius 1 is 1.04 bits per heavy atom. The van der Waals surface area contributed by atoms with Gasteiger partial charge in [0, 0.05) is 12.7 Å². The molecule has 1 aromatic rings. The van der Waals surface area contributed by atoms with E-state index in [1.165, 1.54) is 12.0 Å². The minimum absolute atomic E-state index is 0.124. The summed E-state index contributed by atoms with van der Waals surface area (Å²) < 4.78 is 0. The largest absolute Gasteiger partial charge is 0.388 e. The number of carbonyl (C=O) groups excluding carboxylic acids is 1. The summed E-state index contributed by atoms with van der Waals surface area (Å²) >= 11 is 0. The number of amides is 1. The van der Waals surface area contributed by atoms with Gasteiger partial charge < -0.3 is 10.0 Å². The van der Waals surface area contributed by atoms with Crippen molar-refractivity contribution in [1.82, 2.24) is 0 Å². The predicted molar refractivity (Wildman–Crippen MR) is 89.0 cm³/mol. The standard InChI is InChI=1S/C20H25NO2/c1-21-18-5-3-2-4-14(18)11-17(19(21)22)20(23)15-7-12-6-13(9-15)10-16(20)8-12/h2-5,12-13,15-17,23H,6-11H2,1H3. The van der Waals surface area contributed by atoms with E-state index in [4.69, 9.17) is 0 Å². The summed E-state index contributed by atoms with van der Waals surface area (Å²) in [5.41, 5.74) is 1.45. The van der Waals surface area contributed by atoms with Gasteiger partial charge >= 0.3 is 0 Å². The SMILES string of the molecule is CN1C(=O)C(C2(O)C3CC4CC(C3)CC2C4)Cc2ccccc21. The number of rotatable bonds is 1. The van der Waals surface area contributed by atoms with Gasteiger partial charge in [-0.3, -0.25) is 4.79 Å². The highest BCUT2D eigenvalue weighted by atomic mass is 16.3. The molecule has 4 fully saturated rings. The van der Waals surface area contributed by atoms with Crippen LogP contribution in [-0.2, 0) is 11.2 Å². The molecule has 1 amide bonds. The molecule has 0 aromatic heterocycles. The molecule has 4 bridgehead atoms. The van der Waals surface area contributed by atoms with Crippen LogP contribution in [0.3, 0.4) is 0 Å². The number of hydrogen-bond donors (Lipinski definition) is 1. The Bertz CT molecular complexity index is 639. The van der Waals surface area contributed by atoms with Gasteiger partial charge in [-0.15, -0.1) is 0 Å². The number of hydrogen-bond acceptors (Lipinski definition) is 2. The Hall–Kier alpha value is -1.35. The number of benzene rings is 1. The van der Waals surface area contributed by atoms with E-state index >= 15 is 0 Å². The molecule has 1 aliphatic heterocycles. The topological polar surface area (TPSA) is 40.5 Å². The van der Waals surface area contributed by atoms with Gasteiger partial charge in [0.15, 0.2) is 0 Å². The minimum atomic E-state index is -0.772. The zero-order valence-corrected chi connectivity index (χ0v) is 13.7. The molecule has 1 heterocycles. The van der Waals surface area contributed by atoms with Gasteiger partial charge in [-0.25, -0.2) is 0 Å². The molecule has 4 saturated carbocycles. The maximum atomic E-state index is 13.1. The third-order valence-electron chi connectivity index (χ3n) is 7.41. The lowest BCUT2D eigenvalue weighted by atomic mass is 9.46. The highest BCUT2D eigenvalue weighted by Crippen LogP contribution is 2.61. The lowest BCUT2D eigenvalue weighted by molar-refractivity contribution is -0.202. The van der Waals surface area contributed by atoms with Crippen LogP contribution >= 0.6 is 0 Å². The summed E-state index contributed by atoms with van der Waals surface area (Å²) in [7, 11) is 1.87. The first-order valence-electron chi connectivity index (χ1n) is 9.15. The molecular weight excluding hydrogens is 286 g/mol. The summed E-state index contributed by atoms with van der Waals surface area (Å²) in [6.07, 6.45) is 6.62. The van der Waals surface area contributed by atoms with E-state index in [9.17, 15) is 9.90 Å². The van der Waals surface area contributed by atoms with Crippen molar-refractivity contribution in [2.45, 2.75) is 44.1 Å². The zero-order valence-electron chi connectivity index (χ0n) is 13.7. The monoisotopic (exact) mass is 311 g/mol. The molecule has 3 heteroatoms. The van der Waals surface area contributed by atoms with Crippen LogP contribution < -0.4 is 4.90 Å². The molecule has 0 saturated heterocycles. The maximum Gasteiger partial charge on any atom is 0.233 e. The van der Waals surface area contributed by atoms with E-state index in [2.05, 4.69) is 6.07 Å². The van der Waals surface area contributed by atoms with Crippen LogP contribution in [0.1, 0.15) is 37.7 Å². The summed E-state index contributed by atoms with van der Waals surface area (Å²) in [4.78, 5) is 14.9. The zero-order chi connectivity index (χ0) is 15.8. The Labute approximate surface area is 137 Å². The second-order valence-corrected chi connectivity index (χ2v) is 8.47. The first kappa shape index (κ1) is 14.0. The van der Waals surface area contributed by atoms with Crippen LogP contribution in [0.5, 0.6) is 0 Å². The lowest BCUT2D eigenvalue weighted by Gasteiger charge is -2.61. The summed E-state index contributed by atoms with van der Waals surface area (Å²) in [6.45, 7) is 0. The highest BCUT2D eigenvalue weighted by molar-refractivity contribution is 5.98. The lowest BCUT2D eigenvalue weighted by Crippen LogP contribution is -2.65. The third kappa shape index (κ3) is 1.77. The molecule has 1 unspecified atom stereocenters. The molecule has 0 spiro atoms. The van der Waals surface area contributed by atoms with Crippen LogP contribution in [0.4, 0.5) is 5.69 Å². The predicted octanol–water partition coefficient (Wildman–Crippen LogP) is 3.01. The molecule has 4 aliphatic carbocycles. The van der Waals surface area contributed by atoms with Crippen LogP contribution in [-0.4, -0.2) is 23.7 Å². The van der Waals surface area contributed by atoms with Gasteiger partial charge in [-0.05, 0) is 73.8 Å². The summed E-state index contributed by atoms with van der Waals surface area (Å²) in [5, 5.41) is 11.8. The van der Waals surface area contributed by atoms with Gasteiger partial charge in [0.2, 0.25) is 5.91 Å². The number of nitrogens with zero attached hydrogens (tertiary/aromatic N) is 1. The van der Waals surface area contributed by atoms with Crippen LogP contribution in [0.15, 0.2) is 24.3 Å². The van der Waals surface area contributed by atoms with Gasteiger partial charge in [-0.1, -0.05) is 18.2 Å². The molecular formula is C20H25NO2. The number of aliphatic hydroxyl groups is 1. The van der Waals surface area contributed by atoms with Crippen LogP contribution in [0.2, 0.25) is 0 Å². The van der Waals surface area contributed by atoms with E-state index in [1.807, 2.05) is 25.2 Å². The fourth-order valence-electron chi connectivity index (χ4n) is 6.54. The average Bonchev–Trinajstić information content (AvgIpc) is 2.55. The molecule has 6 rings (SSSR count). The first-order chi connectivity index (χ1) is 11.1. The van der Waals surface area contributed by atoms with E-state index in [1.54, 1.807) is 4.90 Å². The van der Waals surface area contributed by atoms with E-state index in [-0.39, 0.29) is 11.8 Å². The molecule has 3 nitrogen and oxygen atoms in total. The third-order valence-corrected chi connectivity index (χ3v) is 7.41. The molecule has 5 aliphatic rings. The second-order valence-electron chi connectivity index (χ2n) is 8.47. The molecule has 122 valence electrons. The minimum Gasteiger partial charge on any atom is -0.388 e. The summed E-state index contributed by atoms with van der Waals surface area (Å²) in [6, 6.07) is 8.16. The fraction of sp³-hybridized carbons (Fsp3) is 0.650. The van der Waals surface area contributed by atoms with Crippen molar-refractivity contribution in [3.63, 3.8) is 0 Å². The highest BCUT2D eigenvalue weighted by Gasteiger charge is 2.61. The number of carbonyl (C=O) groups is 1. The van der Waals surface area contributed by atoms with Crippen molar-refractivity contribution in [2.75, 3.05) is 11.9 Å². The van der Waals surface area contributed by atoms with Crippen LogP contribution in [0.25, 0.3) is 0 Å². The molecule has 23 heavy (non-hydrogen) atoms. The number of fused-ring (bicyclic) bond motifs is 1. The average molecular weight is 311 g/mol. The van der Waals surface area contributed by atoms with Crippen molar-refractivity contribution in [3.8, 4) is 0 Å². The van der Waals surface area contributed by atoms with Crippen molar-refractivity contribution in [2.24, 2.45) is 29.6 Å². The Balaban J connectivity index is 1.55. The first-order valence-corrected chi connectivity index (χ1v) is 9.15. The van der Waals surface area contributed by atoms with Crippen molar-refractivity contribution < 1.29 is 9.90 Å². The number of para-hydroxylation sites is 1. The Morgan fingerprint density at radius 3 is 2.30 bits per heavy atom. The van der Waals surface area contributed by atoms with Gasteiger partial charge in [0.05, 0.1) is 11.5 Å². The maximum absolute atomic E-state index is 13.1. The van der Waals surface area contributed by atoms with Gasteiger partial charge in [-0.2, -0.15) is 0 Å². The van der Waals surface area contributed by atoms with Gasteiger partial charge in [0.25, 0.3) is 0 Å². The molecule has 0 radical (unpaired) electrons. The smallest absolute Gasteiger partial charge is 0.233 e.